The SMILES string of the molecule is O=C(CSc1cccc(NC(=O)/C(=C/c2ccc(Br)cc2)NC(=O)c2ccccc2)c1)Nc1ccc2c(c1)OCCO2. The average Bonchev–Trinajstić information content (AvgIpc) is 3.01. The Kier molecular flexibility index (Phi) is 9.58. The molecule has 5 rings (SSSR count). The number of fused-ring (bicyclic) bond motifs is 1. The largest absolute Gasteiger partial charge is 0.486 e. The summed E-state index contributed by atoms with van der Waals surface area (Å²) in [5, 5.41) is 8.46. The molecule has 0 aliphatic carbocycles. The smallest absolute Gasteiger partial charge is 0.272 e. The predicted octanol–water partition coefficient (Wildman–Crippen LogP) is 6.36. The van der Waals surface area contributed by atoms with Crippen LogP contribution < -0.4 is 25.4 Å². The first kappa shape index (κ1) is 29.0. The molecule has 1 aliphatic heterocycles. The summed E-state index contributed by atoms with van der Waals surface area (Å²) in [6, 6.07) is 28.5. The highest BCUT2D eigenvalue weighted by molar-refractivity contribution is 9.10. The Morgan fingerprint density at radius 2 is 1.52 bits per heavy atom. The maximum atomic E-state index is 13.3. The molecule has 1 heterocycles. The number of anilines is 2. The molecule has 0 atom stereocenters. The molecule has 0 aromatic heterocycles. The topological polar surface area (TPSA) is 106 Å². The second-order valence-electron chi connectivity index (χ2n) is 9.11. The van der Waals surface area contributed by atoms with Crippen molar-refractivity contribution in [2.24, 2.45) is 0 Å². The van der Waals surface area contributed by atoms with E-state index in [4.69, 9.17) is 9.47 Å². The number of carbonyl (C=O) groups excluding carboxylic acids is 3. The summed E-state index contributed by atoms with van der Waals surface area (Å²) in [6.07, 6.45) is 1.61. The molecule has 4 aromatic carbocycles. The lowest BCUT2D eigenvalue weighted by Gasteiger charge is -2.19. The van der Waals surface area contributed by atoms with Crippen molar-refractivity contribution in [1.29, 1.82) is 0 Å². The van der Waals surface area contributed by atoms with Gasteiger partial charge in [-0.2, -0.15) is 0 Å². The van der Waals surface area contributed by atoms with Crippen LogP contribution in [0.25, 0.3) is 6.08 Å². The molecule has 0 bridgehead atoms. The number of rotatable bonds is 9. The zero-order valence-corrected chi connectivity index (χ0v) is 24.7. The number of benzene rings is 4. The van der Waals surface area contributed by atoms with Crippen LogP contribution in [0.15, 0.2) is 112 Å². The van der Waals surface area contributed by atoms with E-state index < -0.39 is 11.8 Å². The van der Waals surface area contributed by atoms with E-state index in [1.807, 2.05) is 36.4 Å². The van der Waals surface area contributed by atoms with Crippen LogP contribution in [0.3, 0.4) is 0 Å². The molecule has 10 heteroatoms. The number of ether oxygens (including phenoxy) is 2. The molecule has 0 radical (unpaired) electrons. The van der Waals surface area contributed by atoms with Crippen LogP contribution in [-0.4, -0.2) is 36.7 Å². The van der Waals surface area contributed by atoms with Crippen molar-refractivity contribution in [1.82, 2.24) is 5.32 Å². The van der Waals surface area contributed by atoms with Crippen molar-refractivity contribution >= 4 is 62.9 Å². The molecule has 8 nitrogen and oxygen atoms in total. The number of thioether (sulfide) groups is 1. The molecule has 0 saturated heterocycles. The lowest BCUT2D eigenvalue weighted by molar-refractivity contribution is -0.114. The third kappa shape index (κ3) is 8.02. The molecule has 1 aliphatic rings. The van der Waals surface area contributed by atoms with Gasteiger partial charge in [0, 0.05) is 32.4 Å². The van der Waals surface area contributed by atoms with Gasteiger partial charge in [-0.1, -0.05) is 52.3 Å². The summed E-state index contributed by atoms with van der Waals surface area (Å²) in [7, 11) is 0. The molecule has 0 fully saturated rings. The Morgan fingerprint density at radius 1 is 0.786 bits per heavy atom. The van der Waals surface area contributed by atoms with Gasteiger partial charge in [0.25, 0.3) is 11.8 Å². The van der Waals surface area contributed by atoms with Crippen molar-refractivity contribution in [3.63, 3.8) is 0 Å². The van der Waals surface area contributed by atoms with E-state index >= 15 is 0 Å². The first-order valence-electron chi connectivity index (χ1n) is 13.0. The standard InChI is InChI=1S/C32H26BrN3O5S/c33-23-11-9-21(10-12-23)17-27(36-31(38)22-5-2-1-3-6-22)32(39)35-24-7-4-8-26(18-24)42-20-30(37)34-25-13-14-28-29(19-25)41-16-15-40-28/h1-14,17-19H,15-16,20H2,(H,34,37)(H,35,39)(H,36,38)/b27-17-. The fourth-order valence-corrected chi connectivity index (χ4v) is 5.02. The number of carbonyl (C=O) groups is 3. The first-order chi connectivity index (χ1) is 20.4. The minimum atomic E-state index is -0.485. The van der Waals surface area contributed by atoms with Crippen molar-refractivity contribution in [2.75, 3.05) is 29.6 Å². The van der Waals surface area contributed by atoms with Crippen LogP contribution in [0.2, 0.25) is 0 Å². The monoisotopic (exact) mass is 643 g/mol. The second kappa shape index (κ2) is 13.9. The van der Waals surface area contributed by atoms with Crippen molar-refractivity contribution in [3.05, 3.63) is 118 Å². The number of hydrogen-bond donors (Lipinski definition) is 3. The van der Waals surface area contributed by atoms with Gasteiger partial charge in [0.2, 0.25) is 5.91 Å². The summed E-state index contributed by atoms with van der Waals surface area (Å²) in [5.74, 6) is 0.344. The van der Waals surface area contributed by atoms with Crippen molar-refractivity contribution in [3.8, 4) is 11.5 Å². The quantitative estimate of drug-likeness (QED) is 0.145. The lowest BCUT2D eigenvalue weighted by atomic mass is 10.1. The summed E-state index contributed by atoms with van der Waals surface area (Å²) in [6.45, 7) is 0.966. The van der Waals surface area contributed by atoms with E-state index in [-0.39, 0.29) is 17.4 Å². The molecular formula is C32H26BrN3O5S. The van der Waals surface area contributed by atoms with Gasteiger partial charge >= 0.3 is 0 Å². The number of nitrogens with one attached hydrogen (secondary N) is 3. The van der Waals surface area contributed by atoms with E-state index in [0.29, 0.717) is 41.7 Å². The van der Waals surface area contributed by atoms with E-state index in [2.05, 4.69) is 31.9 Å². The van der Waals surface area contributed by atoms with Crippen LogP contribution in [-0.2, 0) is 9.59 Å². The minimum Gasteiger partial charge on any atom is -0.486 e. The Labute approximate surface area is 255 Å². The molecule has 3 amide bonds. The number of hydrogen-bond acceptors (Lipinski definition) is 6. The molecule has 0 spiro atoms. The van der Waals surface area contributed by atoms with Crippen LogP contribution in [0, 0.1) is 0 Å². The predicted molar refractivity (Wildman–Crippen MR) is 168 cm³/mol. The maximum Gasteiger partial charge on any atom is 0.272 e. The summed E-state index contributed by atoms with van der Waals surface area (Å²) in [4.78, 5) is 39.6. The number of amides is 3. The molecule has 0 saturated carbocycles. The highest BCUT2D eigenvalue weighted by Crippen LogP contribution is 2.32. The molecule has 3 N–H and O–H groups in total. The Morgan fingerprint density at radius 3 is 2.31 bits per heavy atom. The third-order valence-electron chi connectivity index (χ3n) is 6.00. The molecular weight excluding hydrogens is 618 g/mol. The van der Waals surface area contributed by atoms with Gasteiger partial charge in [-0.3, -0.25) is 14.4 Å². The normalized spacial score (nSPS) is 12.3. The zero-order chi connectivity index (χ0) is 29.3. The third-order valence-corrected chi connectivity index (χ3v) is 7.52. The zero-order valence-electron chi connectivity index (χ0n) is 22.3. The summed E-state index contributed by atoms with van der Waals surface area (Å²) < 4.78 is 12.0. The van der Waals surface area contributed by atoms with E-state index in [0.717, 1.165) is 14.9 Å². The Bertz CT molecular complexity index is 1630. The molecule has 0 unspecified atom stereocenters. The highest BCUT2D eigenvalue weighted by atomic mass is 79.9. The van der Waals surface area contributed by atoms with Crippen molar-refractivity contribution < 1.29 is 23.9 Å². The van der Waals surface area contributed by atoms with Gasteiger partial charge in [0.1, 0.15) is 18.9 Å². The van der Waals surface area contributed by atoms with E-state index in [1.54, 1.807) is 66.7 Å². The number of halogens is 1. The van der Waals surface area contributed by atoms with Crippen LogP contribution >= 0.6 is 27.7 Å². The van der Waals surface area contributed by atoms with Gasteiger partial charge in [-0.05, 0) is 66.2 Å². The summed E-state index contributed by atoms with van der Waals surface area (Å²) in [5.41, 5.74) is 2.40. The minimum absolute atomic E-state index is 0.0861. The van der Waals surface area contributed by atoms with Gasteiger partial charge < -0.3 is 25.4 Å². The second-order valence-corrected chi connectivity index (χ2v) is 11.1. The average molecular weight is 645 g/mol. The Balaban J connectivity index is 1.23. The Hall–Kier alpha value is -4.54. The van der Waals surface area contributed by atoms with E-state index in [1.165, 1.54) is 11.8 Å². The molecule has 42 heavy (non-hydrogen) atoms. The van der Waals surface area contributed by atoms with Crippen LogP contribution in [0.1, 0.15) is 15.9 Å². The lowest BCUT2D eigenvalue weighted by Crippen LogP contribution is -2.30. The van der Waals surface area contributed by atoms with Gasteiger partial charge in [0.15, 0.2) is 11.5 Å². The van der Waals surface area contributed by atoms with E-state index in [9.17, 15) is 14.4 Å². The first-order valence-corrected chi connectivity index (χ1v) is 14.8. The highest BCUT2D eigenvalue weighted by Gasteiger charge is 2.16. The fourth-order valence-electron chi connectivity index (χ4n) is 4.00. The van der Waals surface area contributed by atoms with Gasteiger partial charge in [0.05, 0.1) is 5.75 Å². The summed E-state index contributed by atoms with van der Waals surface area (Å²) >= 11 is 4.74. The van der Waals surface area contributed by atoms with Crippen molar-refractivity contribution in [2.45, 2.75) is 4.90 Å². The van der Waals surface area contributed by atoms with Crippen LogP contribution in [0.4, 0.5) is 11.4 Å². The molecule has 212 valence electrons. The van der Waals surface area contributed by atoms with Gasteiger partial charge in [-0.15, -0.1) is 11.8 Å². The maximum absolute atomic E-state index is 13.3. The van der Waals surface area contributed by atoms with Gasteiger partial charge in [-0.25, -0.2) is 0 Å². The molecule has 4 aromatic rings. The van der Waals surface area contributed by atoms with Crippen LogP contribution in [0.5, 0.6) is 11.5 Å². The fraction of sp³-hybridized carbons (Fsp3) is 0.0938.